The molecule has 1 heterocycles. The van der Waals surface area contributed by atoms with Crippen LogP contribution >= 0.6 is 15.9 Å². The maximum atomic E-state index is 12.9. The molecule has 0 spiro atoms. The van der Waals surface area contributed by atoms with Crippen LogP contribution in [0.25, 0.3) is 0 Å². The van der Waals surface area contributed by atoms with Crippen LogP contribution < -0.4 is 5.32 Å². The Kier molecular flexibility index (Phi) is 7.21. The van der Waals surface area contributed by atoms with E-state index in [9.17, 15) is 14.9 Å². The molecule has 0 bridgehead atoms. The van der Waals surface area contributed by atoms with Crippen molar-refractivity contribution in [3.05, 3.63) is 91.3 Å². The van der Waals surface area contributed by atoms with Crippen molar-refractivity contribution >= 4 is 33.4 Å². The molecule has 1 N–H and O–H groups in total. The molecule has 8 nitrogen and oxygen atoms in total. The number of non-ortho nitro benzene ring substituents is 1. The van der Waals surface area contributed by atoms with E-state index in [1.807, 2.05) is 32.0 Å². The highest BCUT2D eigenvalue weighted by Crippen LogP contribution is 2.36. The number of nitro groups is 1. The highest BCUT2D eigenvalue weighted by molar-refractivity contribution is 9.10. The van der Waals surface area contributed by atoms with E-state index in [0.717, 1.165) is 34.4 Å². The molecule has 2 unspecified atom stereocenters. The second-order valence-electron chi connectivity index (χ2n) is 8.07. The average Bonchev–Trinajstić information content (AvgIpc) is 2.85. The number of hydrogen-bond acceptors (Lipinski definition) is 7. The smallest absolute Gasteiger partial charge is 0.338 e. The number of anilines is 1. The molecule has 4 rings (SSSR count). The Morgan fingerprint density at radius 3 is 2.50 bits per heavy atom. The van der Waals surface area contributed by atoms with Crippen LogP contribution in [0, 0.1) is 10.1 Å². The van der Waals surface area contributed by atoms with Crippen LogP contribution in [-0.4, -0.2) is 27.0 Å². The molecule has 0 radical (unpaired) electrons. The van der Waals surface area contributed by atoms with E-state index in [4.69, 9.17) is 9.72 Å². The van der Waals surface area contributed by atoms with Crippen molar-refractivity contribution in [3.8, 4) is 0 Å². The first-order chi connectivity index (χ1) is 16.4. The Labute approximate surface area is 206 Å². The number of benzene rings is 2. The number of rotatable bonds is 7. The fourth-order valence-corrected chi connectivity index (χ4v) is 4.75. The molecule has 0 saturated carbocycles. The van der Waals surface area contributed by atoms with Crippen LogP contribution in [0.4, 0.5) is 11.5 Å². The molecular formula is C25H25BrN4O4. The number of nitro benzene ring substituents is 1. The lowest BCUT2D eigenvalue weighted by Gasteiger charge is -2.34. The average molecular weight is 525 g/mol. The van der Waals surface area contributed by atoms with Crippen LogP contribution in [0.1, 0.15) is 59.2 Å². The largest absolute Gasteiger partial charge is 0.456 e. The van der Waals surface area contributed by atoms with Crippen molar-refractivity contribution in [2.45, 2.75) is 51.7 Å². The number of esters is 1. The van der Waals surface area contributed by atoms with Gasteiger partial charge in [-0.15, -0.1) is 0 Å². The molecule has 176 valence electrons. The summed E-state index contributed by atoms with van der Waals surface area (Å²) in [7, 11) is 0. The van der Waals surface area contributed by atoms with Gasteiger partial charge in [0, 0.05) is 12.1 Å². The van der Waals surface area contributed by atoms with Crippen LogP contribution in [0.5, 0.6) is 0 Å². The van der Waals surface area contributed by atoms with Gasteiger partial charge < -0.3 is 10.1 Å². The van der Waals surface area contributed by atoms with Gasteiger partial charge in [-0.3, -0.25) is 10.1 Å². The summed E-state index contributed by atoms with van der Waals surface area (Å²) in [5, 5.41) is 14.4. The summed E-state index contributed by atoms with van der Waals surface area (Å²) in [5.74, 6) is 0.165. The molecule has 0 aliphatic heterocycles. The number of nitrogens with zero attached hydrogens (tertiary/aromatic N) is 3. The minimum Gasteiger partial charge on any atom is -0.456 e. The highest BCUT2D eigenvalue weighted by atomic mass is 79.9. The molecule has 1 aliphatic carbocycles. The van der Waals surface area contributed by atoms with Gasteiger partial charge in [0.25, 0.3) is 5.69 Å². The predicted octanol–water partition coefficient (Wildman–Crippen LogP) is 5.60. The standard InChI is InChI=1S/C25H25BrN4O4/c1-3-19-23(26)27-20(4-2)24(28-19)29-22-18-8-6-5-7-15(18)11-14-21(22)34-25(31)16-9-12-17(13-10-16)30(32)33/h5-10,12-13,21-22H,3-4,11,14H2,1-2H3,(H,28,29). The maximum absolute atomic E-state index is 12.9. The predicted molar refractivity (Wildman–Crippen MR) is 132 cm³/mol. The summed E-state index contributed by atoms with van der Waals surface area (Å²) in [5.41, 5.74) is 4.13. The van der Waals surface area contributed by atoms with E-state index in [2.05, 4.69) is 32.3 Å². The number of carbonyl (C=O) groups excluding carboxylic acids is 1. The summed E-state index contributed by atoms with van der Waals surface area (Å²) >= 11 is 3.50. The first-order valence-electron chi connectivity index (χ1n) is 11.3. The third kappa shape index (κ3) is 4.94. The van der Waals surface area contributed by atoms with Gasteiger partial charge in [-0.1, -0.05) is 38.1 Å². The monoisotopic (exact) mass is 524 g/mol. The van der Waals surface area contributed by atoms with Gasteiger partial charge in [0.05, 0.1) is 27.9 Å². The fourth-order valence-electron chi connectivity index (χ4n) is 4.17. The number of ether oxygens (including phenoxy) is 1. The zero-order valence-corrected chi connectivity index (χ0v) is 20.5. The molecule has 0 fully saturated rings. The Morgan fingerprint density at radius 2 is 1.82 bits per heavy atom. The van der Waals surface area contributed by atoms with Crippen molar-refractivity contribution < 1.29 is 14.5 Å². The van der Waals surface area contributed by atoms with Crippen LogP contribution in [0.3, 0.4) is 0 Å². The zero-order chi connectivity index (χ0) is 24.2. The molecule has 2 atom stereocenters. The first kappa shape index (κ1) is 23.8. The zero-order valence-electron chi connectivity index (χ0n) is 19.0. The number of fused-ring (bicyclic) bond motifs is 1. The minimum absolute atomic E-state index is 0.0738. The Hall–Kier alpha value is -3.33. The van der Waals surface area contributed by atoms with Crippen molar-refractivity contribution in [2.24, 2.45) is 0 Å². The van der Waals surface area contributed by atoms with Gasteiger partial charge in [-0.2, -0.15) is 0 Å². The Morgan fingerprint density at radius 1 is 1.12 bits per heavy atom. The second kappa shape index (κ2) is 10.3. The highest BCUT2D eigenvalue weighted by Gasteiger charge is 2.33. The number of hydrogen-bond donors (Lipinski definition) is 1. The lowest BCUT2D eigenvalue weighted by molar-refractivity contribution is -0.384. The summed E-state index contributed by atoms with van der Waals surface area (Å²) < 4.78 is 6.68. The summed E-state index contributed by atoms with van der Waals surface area (Å²) in [6.45, 7) is 4.04. The third-order valence-corrected chi connectivity index (χ3v) is 6.62. The van der Waals surface area contributed by atoms with Crippen molar-refractivity contribution in [2.75, 3.05) is 5.32 Å². The Bertz CT molecular complexity index is 1220. The van der Waals surface area contributed by atoms with E-state index in [1.54, 1.807) is 0 Å². The van der Waals surface area contributed by atoms with Gasteiger partial charge >= 0.3 is 5.97 Å². The molecule has 9 heteroatoms. The van der Waals surface area contributed by atoms with Gasteiger partial charge in [0.1, 0.15) is 16.5 Å². The molecule has 1 aliphatic rings. The summed E-state index contributed by atoms with van der Waals surface area (Å²) in [6, 6.07) is 13.2. The van der Waals surface area contributed by atoms with Crippen molar-refractivity contribution in [1.82, 2.24) is 9.97 Å². The molecule has 0 amide bonds. The Balaban J connectivity index is 1.65. The van der Waals surface area contributed by atoms with Crippen LogP contribution in [0.15, 0.2) is 53.1 Å². The van der Waals surface area contributed by atoms with Gasteiger partial charge in [-0.25, -0.2) is 14.8 Å². The number of carbonyl (C=O) groups is 1. The number of nitrogens with one attached hydrogen (secondary N) is 1. The molecule has 34 heavy (non-hydrogen) atoms. The number of aromatic nitrogens is 2. The van der Waals surface area contributed by atoms with E-state index in [1.165, 1.54) is 29.8 Å². The third-order valence-electron chi connectivity index (χ3n) is 5.99. The van der Waals surface area contributed by atoms with Crippen LogP contribution in [-0.2, 0) is 24.0 Å². The first-order valence-corrected chi connectivity index (χ1v) is 12.1. The molecule has 0 saturated heterocycles. The maximum Gasteiger partial charge on any atom is 0.338 e. The quantitative estimate of drug-likeness (QED) is 0.243. The second-order valence-corrected chi connectivity index (χ2v) is 8.82. The normalized spacial score (nSPS) is 17.0. The van der Waals surface area contributed by atoms with Gasteiger partial charge in [-0.05, 0) is 64.9 Å². The minimum atomic E-state index is -0.516. The molecular weight excluding hydrogens is 500 g/mol. The van der Waals surface area contributed by atoms with E-state index < -0.39 is 17.0 Å². The van der Waals surface area contributed by atoms with E-state index in [-0.39, 0.29) is 17.3 Å². The van der Waals surface area contributed by atoms with Crippen LogP contribution in [0.2, 0.25) is 0 Å². The van der Waals surface area contributed by atoms with Crippen molar-refractivity contribution in [1.29, 1.82) is 0 Å². The summed E-state index contributed by atoms with van der Waals surface area (Å²) in [6.07, 6.45) is 2.39. The molecule has 2 aromatic carbocycles. The lowest BCUT2D eigenvalue weighted by Crippen LogP contribution is -2.35. The topological polar surface area (TPSA) is 107 Å². The lowest BCUT2D eigenvalue weighted by atomic mass is 9.85. The number of halogens is 1. The SMILES string of the molecule is CCc1nc(NC2c3ccccc3CCC2OC(=O)c2ccc([N+](=O)[O-])cc2)c(CC)nc1Br. The van der Waals surface area contributed by atoms with Gasteiger partial charge in [0.2, 0.25) is 0 Å². The molecule has 3 aromatic rings. The van der Waals surface area contributed by atoms with Crippen molar-refractivity contribution in [3.63, 3.8) is 0 Å². The van der Waals surface area contributed by atoms with Gasteiger partial charge in [0.15, 0.2) is 0 Å². The molecule has 1 aromatic heterocycles. The van der Waals surface area contributed by atoms with E-state index in [0.29, 0.717) is 18.7 Å². The fraction of sp³-hybridized carbons (Fsp3) is 0.320. The van der Waals surface area contributed by atoms with E-state index >= 15 is 0 Å². The summed E-state index contributed by atoms with van der Waals surface area (Å²) in [4.78, 5) is 32.8. The number of aryl methyl sites for hydroxylation is 3.